The summed E-state index contributed by atoms with van der Waals surface area (Å²) < 4.78 is 28.5. The number of alkyl halides is 2. The lowest BCUT2D eigenvalue weighted by molar-refractivity contribution is -0.0498. The number of rotatable bonds is 3. The number of nitrogens with two attached hydrogens (primary N) is 1. The van der Waals surface area contributed by atoms with Crippen molar-refractivity contribution in [2.45, 2.75) is 6.61 Å². The molecule has 0 saturated carbocycles. The second kappa shape index (κ2) is 4.76. The van der Waals surface area contributed by atoms with Crippen molar-refractivity contribution >= 4 is 16.7 Å². The summed E-state index contributed by atoms with van der Waals surface area (Å²) in [5.74, 6) is 0.467. The van der Waals surface area contributed by atoms with Crippen molar-refractivity contribution < 1.29 is 13.5 Å². The summed E-state index contributed by atoms with van der Waals surface area (Å²) in [6, 6.07) is 6.27. The van der Waals surface area contributed by atoms with Gasteiger partial charge >= 0.3 is 6.61 Å². The van der Waals surface area contributed by atoms with Gasteiger partial charge in [0.1, 0.15) is 5.75 Å². The van der Waals surface area contributed by atoms with E-state index in [0.717, 1.165) is 16.5 Å². The van der Waals surface area contributed by atoms with Crippen molar-refractivity contribution in [3.05, 3.63) is 36.7 Å². The number of aromatic amines is 1. The van der Waals surface area contributed by atoms with E-state index < -0.39 is 6.61 Å². The second-order valence-corrected chi connectivity index (χ2v) is 4.12. The molecule has 0 fully saturated rings. The Morgan fingerprint density at radius 3 is 2.60 bits per heavy atom. The summed E-state index contributed by atoms with van der Waals surface area (Å²) in [6.45, 7) is -2.84. The van der Waals surface area contributed by atoms with Crippen molar-refractivity contribution in [2.24, 2.45) is 0 Å². The first-order valence-corrected chi connectivity index (χ1v) is 5.78. The Morgan fingerprint density at radius 1 is 1.15 bits per heavy atom. The van der Waals surface area contributed by atoms with Crippen LogP contribution in [-0.2, 0) is 0 Å². The molecule has 0 saturated heterocycles. The van der Waals surface area contributed by atoms with E-state index in [2.05, 4.69) is 19.9 Å². The molecule has 0 aliphatic heterocycles. The lowest BCUT2D eigenvalue weighted by Crippen LogP contribution is -2.01. The number of aromatic nitrogens is 3. The maximum Gasteiger partial charge on any atom is 0.387 e. The summed E-state index contributed by atoms with van der Waals surface area (Å²) >= 11 is 0. The summed E-state index contributed by atoms with van der Waals surface area (Å²) in [6.07, 6.45) is 3.27. The molecular weight excluding hydrogens is 266 g/mol. The van der Waals surface area contributed by atoms with Crippen molar-refractivity contribution in [1.82, 2.24) is 15.2 Å². The molecule has 5 nitrogen and oxygen atoms in total. The number of anilines is 1. The lowest BCUT2D eigenvalue weighted by Gasteiger charge is -2.06. The van der Waals surface area contributed by atoms with Crippen LogP contribution in [0.5, 0.6) is 5.75 Å². The first kappa shape index (κ1) is 12.3. The molecule has 0 atom stereocenters. The van der Waals surface area contributed by atoms with Gasteiger partial charge in [-0.1, -0.05) is 12.1 Å². The number of hydrogen-bond donors (Lipinski definition) is 2. The average molecular weight is 276 g/mol. The zero-order valence-corrected chi connectivity index (χ0v) is 10.2. The smallest absolute Gasteiger partial charge is 0.387 e. The van der Waals surface area contributed by atoms with Crippen LogP contribution in [0, 0.1) is 0 Å². The first-order valence-electron chi connectivity index (χ1n) is 5.78. The maximum atomic E-state index is 12.1. The number of pyridine rings is 1. The molecule has 0 amide bonds. The molecule has 1 aromatic carbocycles. The number of ether oxygens (including phenoxy) is 1. The number of fused-ring (bicyclic) bond motifs is 1. The molecule has 3 N–H and O–H groups in total. The Hall–Kier alpha value is -2.70. The summed E-state index contributed by atoms with van der Waals surface area (Å²) in [4.78, 5) is 4.10. The van der Waals surface area contributed by atoms with Crippen LogP contribution in [0.4, 0.5) is 14.6 Å². The van der Waals surface area contributed by atoms with Crippen LogP contribution in [0.2, 0.25) is 0 Å². The van der Waals surface area contributed by atoms with Crippen LogP contribution in [0.15, 0.2) is 36.7 Å². The van der Waals surface area contributed by atoms with Crippen LogP contribution in [0.25, 0.3) is 22.0 Å². The largest absolute Gasteiger partial charge is 0.435 e. The van der Waals surface area contributed by atoms with Gasteiger partial charge in [0, 0.05) is 11.8 Å². The number of nitrogens with zero attached hydrogens (tertiary/aromatic N) is 2. The fourth-order valence-electron chi connectivity index (χ4n) is 2.03. The Balaban J connectivity index is 2.05. The first-order chi connectivity index (χ1) is 9.65. The van der Waals surface area contributed by atoms with Crippen LogP contribution in [0.3, 0.4) is 0 Å². The quantitative estimate of drug-likeness (QED) is 0.771. The van der Waals surface area contributed by atoms with Crippen LogP contribution in [0.1, 0.15) is 0 Å². The number of nitrogens with one attached hydrogen (secondary N) is 1. The number of benzene rings is 1. The molecule has 0 unspecified atom stereocenters. The van der Waals surface area contributed by atoms with E-state index in [0.29, 0.717) is 11.3 Å². The molecule has 2 heterocycles. The highest BCUT2D eigenvalue weighted by Gasteiger charge is 2.11. The third-order valence-corrected chi connectivity index (χ3v) is 2.89. The third-order valence-electron chi connectivity index (χ3n) is 2.89. The molecule has 0 spiro atoms. The zero-order valence-electron chi connectivity index (χ0n) is 10.2. The van der Waals surface area contributed by atoms with Gasteiger partial charge in [0.05, 0.1) is 17.1 Å². The van der Waals surface area contributed by atoms with Gasteiger partial charge in [0.2, 0.25) is 0 Å². The molecular formula is C13H10F2N4O. The lowest BCUT2D eigenvalue weighted by atomic mass is 10.0. The topological polar surface area (TPSA) is 76.8 Å². The highest BCUT2D eigenvalue weighted by atomic mass is 19.3. The Morgan fingerprint density at radius 2 is 1.90 bits per heavy atom. The summed E-state index contributed by atoms with van der Waals surface area (Å²) in [7, 11) is 0. The van der Waals surface area contributed by atoms with Gasteiger partial charge in [-0.25, -0.2) is 0 Å². The van der Waals surface area contributed by atoms with Crippen molar-refractivity contribution in [2.75, 3.05) is 5.73 Å². The molecule has 3 aromatic rings. The normalized spacial score (nSPS) is 11.2. The van der Waals surface area contributed by atoms with Gasteiger partial charge in [-0.15, -0.1) is 0 Å². The molecule has 102 valence electrons. The molecule has 20 heavy (non-hydrogen) atoms. The Kier molecular flexibility index (Phi) is 2.94. The van der Waals surface area contributed by atoms with Crippen molar-refractivity contribution in [1.29, 1.82) is 0 Å². The molecule has 0 bridgehead atoms. The van der Waals surface area contributed by atoms with Crippen LogP contribution in [-0.4, -0.2) is 21.8 Å². The molecule has 0 radical (unpaired) electrons. The monoisotopic (exact) mass is 276 g/mol. The fourth-order valence-corrected chi connectivity index (χ4v) is 2.03. The van der Waals surface area contributed by atoms with Crippen LogP contribution < -0.4 is 10.5 Å². The molecule has 2 aromatic heterocycles. The molecule has 0 aliphatic rings. The van der Waals surface area contributed by atoms with Gasteiger partial charge in [-0.05, 0) is 17.7 Å². The fraction of sp³-hybridized carbons (Fsp3) is 0.0769. The van der Waals surface area contributed by atoms with Gasteiger partial charge < -0.3 is 10.5 Å². The summed E-state index contributed by atoms with van der Waals surface area (Å²) in [5.41, 5.74) is 8.10. The number of nitrogen functional groups attached to an aromatic ring is 1. The minimum Gasteiger partial charge on any atom is -0.435 e. The highest BCUT2D eigenvalue weighted by molar-refractivity contribution is 6.00. The van der Waals surface area contributed by atoms with E-state index in [4.69, 9.17) is 5.73 Å². The van der Waals surface area contributed by atoms with Crippen LogP contribution >= 0.6 is 0 Å². The van der Waals surface area contributed by atoms with E-state index in [9.17, 15) is 8.78 Å². The van der Waals surface area contributed by atoms with Crippen molar-refractivity contribution in [3.8, 4) is 16.9 Å². The van der Waals surface area contributed by atoms with Gasteiger partial charge in [-0.2, -0.15) is 13.9 Å². The van der Waals surface area contributed by atoms with E-state index in [-0.39, 0.29) is 5.75 Å². The molecule has 0 aliphatic carbocycles. The zero-order chi connectivity index (χ0) is 14.1. The van der Waals surface area contributed by atoms with E-state index >= 15 is 0 Å². The second-order valence-electron chi connectivity index (χ2n) is 4.12. The molecule has 7 heteroatoms. The van der Waals surface area contributed by atoms with Gasteiger partial charge in [0.25, 0.3) is 0 Å². The Labute approximate surface area is 112 Å². The summed E-state index contributed by atoms with van der Waals surface area (Å²) in [5, 5.41) is 7.45. The van der Waals surface area contributed by atoms with Crippen molar-refractivity contribution in [3.63, 3.8) is 0 Å². The number of hydrogen-bond acceptors (Lipinski definition) is 4. The van der Waals surface area contributed by atoms with E-state index in [1.54, 1.807) is 24.5 Å². The van der Waals surface area contributed by atoms with Gasteiger partial charge in [0.15, 0.2) is 5.82 Å². The molecule has 3 rings (SSSR count). The number of halogens is 2. The number of H-pyrrole nitrogens is 1. The highest BCUT2D eigenvalue weighted by Crippen LogP contribution is 2.31. The third kappa shape index (κ3) is 2.13. The minimum atomic E-state index is -2.84. The average Bonchev–Trinajstić information content (AvgIpc) is 2.81. The predicted molar refractivity (Wildman–Crippen MR) is 70.4 cm³/mol. The van der Waals surface area contributed by atoms with Gasteiger partial charge in [-0.3, -0.25) is 10.1 Å². The standard InChI is InChI=1S/C13H10F2N4O/c14-13(15)20-8-3-1-7(2-4-8)9-5-17-6-10-11(9)12(16)19-18-10/h1-6,13H,(H3,16,18,19). The van der Waals surface area contributed by atoms with E-state index in [1.807, 2.05) is 0 Å². The predicted octanol–water partition coefficient (Wildman–Crippen LogP) is 2.81. The minimum absolute atomic E-state index is 0.101. The SMILES string of the molecule is Nc1n[nH]c2cncc(-c3ccc(OC(F)F)cc3)c12. The maximum absolute atomic E-state index is 12.1. The Bertz CT molecular complexity index is 740. The van der Waals surface area contributed by atoms with E-state index in [1.165, 1.54) is 12.1 Å².